The summed E-state index contributed by atoms with van der Waals surface area (Å²) in [4.78, 5) is 0. The van der Waals surface area contributed by atoms with Crippen molar-refractivity contribution in [2.24, 2.45) is 0 Å². The van der Waals surface area contributed by atoms with E-state index in [1.807, 2.05) is 30.3 Å². The molecule has 1 N–H and O–H groups in total. The van der Waals surface area contributed by atoms with Gasteiger partial charge >= 0.3 is 0 Å². The molecule has 0 spiro atoms. The van der Waals surface area contributed by atoms with Crippen molar-refractivity contribution in [2.75, 3.05) is 19.7 Å². The Morgan fingerprint density at radius 2 is 2.18 bits per heavy atom. The van der Waals surface area contributed by atoms with Crippen LogP contribution in [0.15, 0.2) is 30.3 Å². The van der Waals surface area contributed by atoms with Gasteiger partial charge in [0.1, 0.15) is 6.61 Å². The van der Waals surface area contributed by atoms with E-state index in [9.17, 15) is 0 Å². The molecule has 1 heterocycles. The van der Waals surface area contributed by atoms with Crippen LogP contribution in [0.1, 0.15) is 25.3 Å². The molecule has 2 rings (SSSR count). The molecule has 1 fully saturated rings. The highest BCUT2D eigenvalue weighted by Gasteiger charge is 2.26. The van der Waals surface area contributed by atoms with E-state index in [1.54, 1.807) is 0 Å². The van der Waals surface area contributed by atoms with Crippen LogP contribution < -0.4 is 5.32 Å². The molecule has 1 atom stereocenters. The smallest absolute Gasteiger partial charge is 0.108 e. The molecule has 1 aromatic carbocycles. The fourth-order valence-corrected chi connectivity index (χ4v) is 2.02. The van der Waals surface area contributed by atoms with Crippen molar-refractivity contribution in [1.29, 1.82) is 0 Å². The van der Waals surface area contributed by atoms with E-state index >= 15 is 0 Å². The Morgan fingerprint density at radius 3 is 2.88 bits per heavy atom. The Hall–Kier alpha value is -1.30. The maximum atomic E-state index is 5.86. The van der Waals surface area contributed by atoms with Gasteiger partial charge in [0.25, 0.3) is 0 Å². The van der Waals surface area contributed by atoms with E-state index in [1.165, 1.54) is 6.42 Å². The third-order valence-electron chi connectivity index (χ3n) is 3.06. The molecule has 0 aromatic heterocycles. The molecule has 2 nitrogen and oxygen atoms in total. The van der Waals surface area contributed by atoms with Gasteiger partial charge < -0.3 is 10.1 Å². The number of hydrogen-bond acceptors (Lipinski definition) is 2. The van der Waals surface area contributed by atoms with E-state index in [0.717, 1.165) is 25.1 Å². The quantitative estimate of drug-likeness (QED) is 0.785. The average Bonchev–Trinajstić information content (AvgIpc) is 2.37. The van der Waals surface area contributed by atoms with Gasteiger partial charge in [-0.05, 0) is 38.4 Å². The Bertz CT molecular complexity index is 396. The predicted molar refractivity (Wildman–Crippen MR) is 69.8 cm³/mol. The number of hydrogen-bond donors (Lipinski definition) is 1. The van der Waals surface area contributed by atoms with Crippen LogP contribution in [0.4, 0.5) is 0 Å². The highest BCUT2D eigenvalue weighted by atomic mass is 16.5. The van der Waals surface area contributed by atoms with Crippen LogP contribution >= 0.6 is 0 Å². The Labute approximate surface area is 103 Å². The monoisotopic (exact) mass is 229 g/mol. The maximum absolute atomic E-state index is 5.86. The first-order valence-corrected chi connectivity index (χ1v) is 6.17. The van der Waals surface area contributed by atoms with E-state index < -0.39 is 0 Å². The lowest BCUT2D eigenvalue weighted by molar-refractivity contribution is -0.0298. The van der Waals surface area contributed by atoms with Crippen LogP contribution in [0, 0.1) is 11.8 Å². The van der Waals surface area contributed by atoms with Crippen molar-refractivity contribution in [3.63, 3.8) is 0 Å². The lowest BCUT2D eigenvalue weighted by atomic mass is 9.96. The van der Waals surface area contributed by atoms with Gasteiger partial charge in [0, 0.05) is 12.1 Å². The molecule has 0 amide bonds. The van der Waals surface area contributed by atoms with Crippen LogP contribution in [-0.2, 0) is 4.74 Å². The zero-order valence-corrected chi connectivity index (χ0v) is 10.3. The molecule has 1 saturated heterocycles. The fourth-order valence-electron chi connectivity index (χ4n) is 2.02. The van der Waals surface area contributed by atoms with Crippen LogP contribution in [0.25, 0.3) is 0 Å². The van der Waals surface area contributed by atoms with Crippen LogP contribution in [-0.4, -0.2) is 25.3 Å². The highest BCUT2D eigenvalue weighted by molar-refractivity contribution is 5.33. The lowest BCUT2D eigenvalue weighted by Gasteiger charge is -2.33. The molecule has 1 aliphatic heterocycles. The van der Waals surface area contributed by atoms with Crippen LogP contribution in [0.2, 0.25) is 0 Å². The largest absolute Gasteiger partial charge is 0.361 e. The number of benzene rings is 1. The molecule has 1 aliphatic rings. The molecule has 17 heavy (non-hydrogen) atoms. The van der Waals surface area contributed by atoms with Gasteiger partial charge in [0.05, 0.1) is 5.60 Å². The minimum Gasteiger partial charge on any atom is -0.361 e. The summed E-state index contributed by atoms with van der Waals surface area (Å²) >= 11 is 0. The molecule has 0 aliphatic carbocycles. The van der Waals surface area contributed by atoms with Gasteiger partial charge in [-0.2, -0.15) is 0 Å². The van der Waals surface area contributed by atoms with Crippen LogP contribution in [0.3, 0.4) is 0 Å². The van der Waals surface area contributed by atoms with Crippen molar-refractivity contribution in [3.8, 4) is 11.8 Å². The molecule has 90 valence electrons. The predicted octanol–water partition coefficient (Wildman–Crippen LogP) is 2.20. The molecule has 0 bridgehead atoms. The van der Waals surface area contributed by atoms with Crippen molar-refractivity contribution in [3.05, 3.63) is 35.9 Å². The Kier molecular flexibility index (Phi) is 4.19. The topological polar surface area (TPSA) is 21.3 Å². The Balaban J connectivity index is 1.81. The summed E-state index contributed by atoms with van der Waals surface area (Å²) in [6.45, 7) is 4.70. The van der Waals surface area contributed by atoms with Gasteiger partial charge in [-0.15, -0.1) is 0 Å². The highest BCUT2D eigenvalue weighted by Crippen LogP contribution is 2.19. The molecule has 1 unspecified atom stereocenters. The second-order valence-electron chi connectivity index (χ2n) is 4.69. The molecule has 2 heteroatoms. The summed E-state index contributed by atoms with van der Waals surface area (Å²) in [5, 5.41) is 3.36. The third kappa shape index (κ3) is 3.89. The van der Waals surface area contributed by atoms with Crippen molar-refractivity contribution in [2.45, 2.75) is 25.4 Å². The normalized spacial score (nSPS) is 23.8. The average molecular weight is 229 g/mol. The van der Waals surface area contributed by atoms with Gasteiger partial charge in [0.2, 0.25) is 0 Å². The third-order valence-corrected chi connectivity index (χ3v) is 3.06. The molecular formula is C15H19NO. The molecule has 1 aromatic rings. The summed E-state index contributed by atoms with van der Waals surface area (Å²) in [7, 11) is 0. The number of ether oxygens (including phenoxy) is 1. The fraction of sp³-hybridized carbons (Fsp3) is 0.467. The number of rotatable bonds is 2. The van der Waals surface area contributed by atoms with E-state index in [0.29, 0.717) is 6.61 Å². The zero-order valence-electron chi connectivity index (χ0n) is 10.3. The lowest BCUT2D eigenvalue weighted by Crippen LogP contribution is -2.45. The van der Waals surface area contributed by atoms with Gasteiger partial charge in [-0.1, -0.05) is 30.0 Å². The summed E-state index contributed by atoms with van der Waals surface area (Å²) in [5.41, 5.74) is 1.01. The van der Waals surface area contributed by atoms with Crippen molar-refractivity contribution < 1.29 is 4.74 Å². The van der Waals surface area contributed by atoms with Gasteiger partial charge in [-0.25, -0.2) is 0 Å². The van der Waals surface area contributed by atoms with Crippen LogP contribution in [0.5, 0.6) is 0 Å². The number of nitrogens with one attached hydrogen (secondary N) is 1. The van der Waals surface area contributed by atoms with E-state index in [2.05, 4.69) is 24.1 Å². The first-order valence-electron chi connectivity index (χ1n) is 6.17. The summed E-state index contributed by atoms with van der Waals surface area (Å²) < 4.78 is 5.86. The minimum atomic E-state index is -0.0381. The second-order valence-corrected chi connectivity index (χ2v) is 4.69. The van der Waals surface area contributed by atoms with Crippen molar-refractivity contribution >= 4 is 0 Å². The number of piperidine rings is 1. The maximum Gasteiger partial charge on any atom is 0.108 e. The SMILES string of the molecule is CC1(OCC#Cc2ccccc2)CCCNC1. The standard InChI is InChI=1S/C15H19NO/c1-15(10-6-11-16-13-15)17-12-5-9-14-7-3-2-4-8-14/h2-4,7-8,16H,6,10-13H2,1H3. The van der Waals surface area contributed by atoms with Gasteiger partial charge in [-0.3, -0.25) is 0 Å². The molecular weight excluding hydrogens is 210 g/mol. The molecule has 0 saturated carbocycles. The summed E-state index contributed by atoms with van der Waals surface area (Å²) in [6, 6.07) is 10.0. The first-order chi connectivity index (χ1) is 8.29. The van der Waals surface area contributed by atoms with E-state index in [-0.39, 0.29) is 5.60 Å². The first kappa shape index (κ1) is 12.2. The van der Waals surface area contributed by atoms with Crippen molar-refractivity contribution in [1.82, 2.24) is 5.32 Å². The summed E-state index contributed by atoms with van der Waals surface area (Å²) in [6.07, 6.45) is 2.30. The van der Waals surface area contributed by atoms with E-state index in [4.69, 9.17) is 4.74 Å². The molecule has 0 radical (unpaired) electrons. The second kappa shape index (κ2) is 5.86. The Morgan fingerprint density at radius 1 is 1.35 bits per heavy atom. The van der Waals surface area contributed by atoms with Gasteiger partial charge in [0.15, 0.2) is 0 Å². The minimum absolute atomic E-state index is 0.0381. The summed E-state index contributed by atoms with van der Waals surface area (Å²) in [5.74, 6) is 6.18. The zero-order chi connectivity index (χ0) is 12.0.